The number of hydrogen-bond donors (Lipinski definition) is 1. The van der Waals surface area contributed by atoms with Gasteiger partial charge in [-0.3, -0.25) is 4.90 Å². The molecule has 0 aromatic heterocycles. The van der Waals surface area contributed by atoms with Crippen molar-refractivity contribution in [2.24, 2.45) is 0 Å². The molecule has 0 bridgehead atoms. The summed E-state index contributed by atoms with van der Waals surface area (Å²) in [4.78, 5) is 2.46. The second-order valence-electron chi connectivity index (χ2n) is 4.69. The van der Waals surface area contributed by atoms with Gasteiger partial charge >= 0.3 is 0 Å². The van der Waals surface area contributed by atoms with E-state index in [0.29, 0.717) is 6.04 Å². The van der Waals surface area contributed by atoms with Crippen molar-refractivity contribution in [3.8, 4) is 0 Å². The summed E-state index contributed by atoms with van der Waals surface area (Å²) >= 11 is 6.24. The first-order valence-corrected chi connectivity index (χ1v) is 6.24. The van der Waals surface area contributed by atoms with Crippen LogP contribution in [0.4, 0.5) is 0 Å². The predicted octanol–water partition coefficient (Wildman–Crippen LogP) is 2.44. The fraction of sp³-hybridized carbons (Fsp3) is 0.538. The molecule has 1 atom stereocenters. The standard InChI is InChI=1S/C13H19ClN2/c1-10-3-4-12(13(14)7-10)9-16-6-5-15-11(2)8-16/h3-4,7,11,15H,5-6,8-9H2,1-2H3/t11-/m1/s1. The third kappa shape index (κ3) is 2.97. The molecule has 0 aliphatic carbocycles. The van der Waals surface area contributed by atoms with Gasteiger partial charge in [0.2, 0.25) is 0 Å². The Bertz CT molecular complexity index is 365. The Kier molecular flexibility index (Phi) is 3.85. The molecule has 3 heteroatoms. The zero-order chi connectivity index (χ0) is 11.5. The zero-order valence-corrected chi connectivity index (χ0v) is 10.7. The molecular formula is C13H19ClN2. The van der Waals surface area contributed by atoms with Gasteiger partial charge in [0.05, 0.1) is 0 Å². The van der Waals surface area contributed by atoms with Gasteiger partial charge in [-0.05, 0) is 31.0 Å². The molecule has 2 nitrogen and oxygen atoms in total. The highest BCUT2D eigenvalue weighted by atomic mass is 35.5. The molecule has 0 spiro atoms. The van der Waals surface area contributed by atoms with Gasteiger partial charge in [0.15, 0.2) is 0 Å². The van der Waals surface area contributed by atoms with E-state index in [1.807, 2.05) is 6.07 Å². The molecule has 1 saturated heterocycles. The lowest BCUT2D eigenvalue weighted by molar-refractivity contribution is 0.199. The van der Waals surface area contributed by atoms with Crippen molar-refractivity contribution in [2.75, 3.05) is 19.6 Å². The average molecular weight is 239 g/mol. The highest BCUT2D eigenvalue weighted by Crippen LogP contribution is 2.19. The van der Waals surface area contributed by atoms with Crippen LogP contribution in [0.3, 0.4) is 0 Å². The van der Waals surface area contributed by atoms with Crippen LogP contribution in [0.1, 0.15) is 18.1 Å². The van der Waals surface area contributed by atoms with Crippen LogP contribution in [0.15, 0.2) is 18.2 Å². The SMILES string of the molecule is Cc1ccc(CN2CCN[C@H](C)C2)c(Cl)c1. The predicted molar refractivity (Wildman–Crippen MR) is 68.9 cm³/mol. The van der Waals surface area contributed by atoms with Gasteiger partial charge in [-0.25, -0.2) is 0 Å². The fourth-order valence-corrected chi connectivity index (χ4v) is 2.47. The van der Waals surface area contributed by atoms with Crippen LogP contribution >= 0.6 is 11.6 Å². The minimum Gasteiger partial charge on any atom is -0.312 e. The van der Waals surface area contributed by atoms with E-state index in [1.54, 1.807) is 0 Å². The van der Waals surface area contributed by atoms with E-state index in [-0.39, 0.29) is 0 Å². The van der Waals surface area contributed by atoms with Crippen molar-refractivity contribution in [1.82, 2.24) is 10.2 Å². The minimum atomic E-state index is 0.581. The van der Waals surface area contributed by atoms with Gasteiger partial charge in [0, 0.05) is 37.2 Å². The van der Waals surface area contributed by atoms with Crippen LogP contribution in [0.2, 0.25) is 5.02 Å². The van der Waals surface area contributed by atoms with Crippen molar-refractivity contribution in [3.63, 3.8) is 0 Å². The second kappa shape index (κ2) is 5.17. The van der Waals surface area contributed by atoms with Crippen LogP contribution < -0.4 is 5.32 Å². The number of rotatable bonds is 2. The van der Waals surface area contributed by atoms with Crippen LogP contribution in [-0.2, 0) is 6.54 Å². The van der Waals surface area contributed by atoms with Gasteiger partial charge in [-0.2, -0.15) is 0 Å². The van der Waals surface area contributed by atoms with Crippen LogP contribution in [0.5, 0.6) is 0 Å². The Balaban J connectivity index is 2.02. The molecule has 1 aliphatic heterocycles. The molecule has 1 fully saturated rings. The molecule has 0 unspecified atom stereocenters. The van der Waals surface area contributed by atoms with E-state index < -0.39 is 0 Å². The van der Waals surface area contributed by atoms with Crippen LogP contribution in [0.25, 0.3) is 0 Å². The lowest BCUT2D eigenvalue weighted by Crippen LogP contribution is -2.48. The smallest absolute Gasteiger partial charge is 0.0453 e. The third-order valence-electron chi connectivity index (χ3n) is 3.06. The van der Waals surface area contributed by atoms with E-state index in [9.17, 15) is 0 Å². The Hall–Kier alpha value is -0.570. The maximum Gasteiger partial charge on any atom is 0.0453 e. The summed E-state index contributed by atoms with van der Waals surface area (Å²) in [5.41, 5.74) is 2.46. The maximum atomic E-state index is 6.24. The third-order valence-corrected chi connectivity index (χ3v) is 3.41. The molecule has 88 valence electrons. The molecule has 1 aromatic rings. The van der Waals surface area contributed by atoms with E-state index >= 15 is 0 Å². The van der Waals surface area contributed by atoms with Crippen LogP contribution in [-0.4, -0.2) is 30.6 Å². The van der Waals surface area contributed by atoms with Crippen molar-refractivity contribution in [1.29, 1.82) is 0 Å². The molecular weight excluding hydrogens is 220 g/mol. The number of nitrogens with zero attached hydrogens (tertiary/aromatic N) is 1. The number of hydrogen-bond acceptors (Lipinski definition) is 2. The largest absolute Gasteiger partial charge is 0.312 e. The summed E-state index contributed by atoms with van der Waals surface area (Å²) in [5, 5.41) is 4.34. The number of aryl methyl sites for hydroxylation is 1. The molecule has 1 N–H and O–H groups in total. The Morgan fingerprint density at radius 2 is 2.31 bits per heavy atom. The average Bonchev–Trinajstić information content (AvgIpc) is 2.22. The molecule has 1 aromatic carbocycles. The number of benzene rings is 1. The number of nitrogens with one attached hydrogen (secondary N) is 1. The lowest BCUT2D eigenvalue weighted by atomic mass is 10.1. The molecule has 16 heavy (non-hydrogen) atoms. The Morgan fingerprint density at radius 3 is 3.00 bits per heavy atom. The van der Waals surface area contributed by atoms with Crippen molar-refractivity contribution in [2.45, 2.75) is 26.4 Å². The topological polar surface area (TPSA) is 15.3 Å². The second-order valence-corrected chi connectivity index (χ2v) is 5.09. The Labute approximate surface area is 103 Å². The quantitative estimate of drug-likeness (QED) is 0.852. The summed E-state index contributed by atoms with van der Waals surface area (Å²) in [7, 11) is 0. The fourth-order valence-electron chi connectivity index (χ4n) is 2.18. The number of halogens is 1. The highest BCUT2D eigenvalue weighted by molar-refractivity contribution is 6.31. The van der Waals surface area contributed by atoms with Gasteiger partial charge in [-0.1, -0.05) is 23.7 Å². The molecule has 0 radical (unpaired) electrons. The van der Waals surface area contributed by atoms with E-state index in [1.165, 1.54) is 11.1 Å². The van der Waals surface area contributed by atoms with Crippen molar-refractivity contribution >= 4 is 11.6 Å². The first-order valence-electron chi connectivity index (χ1n) is 5.86. The highest BCUT2D eigenvalue weighted by Gasteiger charge is 2.16. The summed E-state index contributed by atoms with van der Waals surface area (Å²) in [6.45, 7) is 8.54. The normalized spacial score (nSPS) is 22.3. The summed E-state index contributed by atoms with van der Waals surface area (Å²) < 4.78 is 0. The van der Waals surface area contributed by atoms with E-state index in [2.05, 4.69) is 36.2 Å². The molecule has 2 rings (SSSR count). The van der Waals surface area contributed by atoms with E-state index in [4.69, 9.17) is 11.6 Å². The maximum absolute atomic E-state index is 6.24. The molecule has 1 aliphatic rings. The lowest BCUT2D eigenvalue weighted by Gasteiger charge is -2.32. The molecule has 0 amide bonds. The zero-order valence-electron chi connectivity index (χ0n) is 9.96. The van der Waals surface area contributed by atoms with Gasteiger partial charge in [0.1, 0.15) is 0 Å². The minimum absolute atomic E-state index is 0.581. The van der Waals surface area contributed by atoms with Gasteiger partial charge in [-0.15, -0.1) is 0 Å². The van der Waals surface area contributed by atoms with E-state index in [0.717, 1.165) is 31.2 Å². The first kappa shape index (κ1) is 11.9. The summed E-state index contributed by atoms with van der Waals surface area (Å²) in [6, 6.07) is 6.90. The monoisotopic (exact) mass is 238 g/mol. The van der Waals surface area contributed by atoms with Crippen LogP contribution in [0, 0.1) is 6.92 Å². The van der Waals surface area contributed by atoms with Crippen molar-refractivity contribution < 1.29 is 0 Å². The van der Waals surface area contributed by atoms with Gasteiger partial charge in [0.25, 0.3) is 0 Å². The number of piperazine rings is 1. The summed E-state index contributed by atoms with van der Waals surface area (Å²) in [5.74, 6) is 0. The first-order chi connectivity index (χ1) is 7.65. The van der Waals surface area contributed by atoms with Gasteiger partial charge < -0.3 is 5.32 Å². The molecule has 1 heterocycles. The van der Waals surface area contributed by atoms with Crippen molar-refractivity contribution in [3.05, 3.63) is 34.3 Å². The summed E-state index contributed by atoms with van der Waals surface area (Å²) in [6.07, 6.45) is 0. The molecule has 0 saturated carbocycles. The Morgan fingerprint density at radius 1 is 1.50 bits per heavy atom.